The van der Waals surface area contributed by atoms with Crippen molar-refractivity contribution in [3.63, 3.8) is 0 Å². The second-order valence-corrected chi connectivity index (χ2v) is 4.24. The second kappa shape index (κ2) is 5.64. The fourth-order valence-corrected chi connectivity index (χ4v) is 2.01. The number of hydrogen-bond donors (Lipinski definition) is 1. The van der Waals surface area contributed by atoms with Gasteiger partial charge in [-0.2, -0.15) is 0 Å². The normalized spacial score (nSPS) is 25.7. The van der Waals surface area contributed by atoms with Crippen LogP contribution < -0.4 is 22.3 Å². The van der Waals surface area contributed by atoms with Gasteiger partial charge in [0.25, 0.3) is 0 Å². The molecule has 1 aromatic carbocycles. The summed E-state index contributed by atoms with van der Waals surface area (Å²) in [6.07, 6.45) is 1.02. The molecule has 15 heavy (non-hydrogen) atoms. The number of hydrogen-bond acceptors (Lipinski definition) is 1. The maximum Gasteiger partial charge on any atom is 0.118 e. The van der Waals surface area contributed by atoms with Crippen LogP contribution in [0.5, 0.6) is 0 Å². The third kappa shape index (κ3) is 3.59. The minimum absolute atomic E-state index is 0. The van der Waals surface area contributed by atoms with Gasteiger partial charge >= 0.3 is 0 Å². The highest BCUT2D eigenvalue weighted by molar-refractivity contribution is 5.16. The van der Waals surface area contributed by atoms with Crippen molar-refractivity contribution in [3.8, 4) is 0 Å². The molecular weight excluding hydrogens is 254 g/mol. The van der Waals surface area contributed by atoms with E-state index >= 15 is 0 Å². The summed E-state index contributed by atoms with van der Waals surface area (Å²) in [5, 5.41) is 2.34. The minimum Gasteiger partial charge on any atom is -1.00 e. The SMILES string of the molecule is CC1(Cc2ccccc2)C[NH2+]CCO1.[Br-]. The van der Waals surface area contributed by atoms with Gasteiger partial charge in [-0.25, -0.2) is 0 Å². The first-order valence-corrected chi connectivity index (χ1v) is 5.28. The van der Waals surface area contributed by atoms with Crippen LogP contribution in [0.2, 0.25) is 0 Å². The monoisotopic (exact) mass is 271 g/mol. The van der Waals surface area contributed by atoms with Gasteiger partial charge in [-0.3, -0.25) is 0 Å². The van der Waals surface area contributed by atoms with E-state index in [9.17, 15) is 0 Å². The van der Waals surface area contributed by atoms with Crippen LogP contribution in [-0.4, -0.2) is 25.3 Å². The lowest BCUT2D eigenvalue weighted by molar-refractivity contribution is -0.685. The summed E-state index contributed by atoms with van der Waals surface area (Å²) in [6.45, 7) is 5.26. The van der Waals surface area contributed by atoms with E-state index in [4.69, 9.17) is 4.74 Å². The molecule has 0 bridgehead atoms. The zero-order valence-electron chi connectivity index (χ0n) is 9.08. The number of ether oxygens (including phenoxy) is 1. The summed E-state index contributed by atoms with van der Waals surface area (Å²) >= 11 is 0. The molecule has 2 nitrogen and oxygen atoms in total. The van der Waals surface area contributed by atoms with E-state index in [1.807, 2.05) is 0 Å². The highest BCUT2D eigenvalue weighted by Crippen LogP contribution is 2.16. The fraction of sp³-hybridized carbons (Fsp3) is 0.500. The van der Waals surface area contributed by atoms with Gasteiger partial charge in [0.1, 0.15) is 12.1 Å². The summed E-state index contributed by atoms with van der Waals surface area (Å²) in [4.78, 5) is 0. The Hall–Kier alpha value is -0.380. The minimum atomic E-state index is 0. The fourth-order valence-electron chi connectivity index (χ4n) is 2.01. The van der Waals surface area contributed by atoms with Gasteiger partial charge in [-0.1, -0.05) is 30.3 Å². The van der Waals surface area contributed by atoms with Crippen molar-refractivity contribution in [1.82, 2.24) is 0 Å². The lowest BCUT2D eigenvalue weighted by atomic mass is 9.95. The van der Waals surface area contributed by atoms with E-state index in [2.05, 4.69) is 42.6 Å². The largest absolute Gasteiger partial charge is 1.00 e. The lowest BCUT2D eigenvalue weighted by Crippen LogP contribution is -3.00. The molecule has 0 spiro atoms. The van der Waals surface area contributed by atoms with Crippen LogP contribution in [0.25, 0.3) is 0 Å². The number of quaternary nitrogens is 1. The zero-order valence-corrected chi connectivity index (χ0v) is 10.7. The zero-order chi connectivity index (χ0) is 9.86. The van der Waals surface area contributed by atoms with Crippen LogP contribution in [0.15, 0.2) is 30.3 Å². The van der Waals surface area contributed by atoms with Crippen molar-refractivity contribution in [2.75, 3.05) is 19.7 Å². The van der Waals surface area contributed by atoms with E-state index in [1.165, 1.54) is 5.56 Å². The Balaban J connectivity index is 0.00000112. The van der Waals surface area contributed by atoms with E-state index in [0.29, 0.717) is 0 Å². The molecule has 1 unspecified atom stereocenters. The highest BCUT2D eigenvalue weighted by atomic mass is 79.9. The summed E-state index contributed by atoms with van der Waals surface area (Å²) in [7, 11) is 0. The summed E-state index contributed by atoms with van der Waals surface area (Å²) in [5.41, 5.74) is 1.39. The Morgan fingerprint density at radius 3 is 2.67 bits per heavy atom. The predicted octanol–water partition coefficient (Wildman–Crippen LogP) is -2.41. The van der Waals surface area contributed by atoms with E-state index < -0.39 is 0 Å². The molecule has 0 amide bonds. The Morgan fingerprint density at radius 2 is 2.07 bits per heavy atom. The van der Waals surface area contributed by atoms with Crippen molar-refractivity contribution in [2.24, 2.45) is 0 Å². The van der Waals surface area contributed by atoms with Gasteiger partial charge in [-0.05, 0) is 12.5 Å². The molecule has 0 radical (unpaired) electrons. The van der Waals surface area contributed by atoms with Crippen LogP contribution in [0.3, 0.4) is 0 Å². The summed E-state index contributed by atoms with van der Waals surface area (Å²) in [5.74, 6) is 0. The Bertz CT molecular complexity index is 283. The third-order valence-corrected chi connectivity index (χ3v) is 2.77. The van der Waals surface area contributed by atoms with Crippen LogP contribution in [-0.2, 0) is 11.2 Å². The van der Waals surface area contributed by atoms with Gasteiger partial charge in [0.2, 0.25) is 0 Å². The van der Waals surface area contributed by atoms with Crippen molar-refractivity contribution >= 4 is 0 Å². The number of halogens is 1. The average molecular weight is 272 g/mol. The second-order valence-electron chi connectivity index (χ2n) is 4.24. The quantitative estimate of drug-likeness (QED) is 0.637. The van der Waals surface area contributed by atoms with Gasteiger partial charge < -0.3 is 27.0 Å². The highest BCUT2D eigenvalue weighted by Gasteiger charge is 2.30. The first-order valence-electron chi connectivity index (χ1n) is 5.28. The first kappa shape index (κ1) is 12.7. The smallest absolute Gasteiger partial charge is 0.118 e. The van der Waals surface area contributed by atoms with Gasteiger partial charge in [0.05, 0.1) is 13.2 Å². The molecule has 3 heteroatoms. The topological polar surface area (TPSA) is 25.8 Å². The van der Waals surface area contributed by atoms with Crippen LogP contribution in [0, 0.1) is 0 Å². The molecule has 0 saturated carbocycles. The first-order chi connectivity index (χ1) is 6.79. The number of benzene rings is 1. The molecule has 1 saturated heterocycles. The molecule has 1 aliphatic rings. The van der Waals surface area contributed by atoms with Crippen molar-refractivity contribution in [1.29, 1.82) is 0 Å². The summed E-state index contributed by atoms with van der Waals surface area (Å²) < 4.78 is 5.84. The Labute approximate surface area is 102 Å². The predicted molar refractivity (Wildman–Crippen MR) is 56.2 cm³/mol. The van der Waals surface area contributed by atoms with Crippen LogP contribution in [0.1, 0.15) is 12.5 Å². The molecule has 0 aliphatic carbocycles. The lowest BCUT2D eigenvalue weighted by Gasteiger charge is -2.31. The van der Waals surface area contributed by atoms with Crippen LogP contribution in [0.4, 0.5) is 0 Å². The molecule has 0 aromatic heterocycles. The number of rotatable bonds is 2. The van der Waals surface area contributed by atoms with Crippen molar-refractivity contribution in [3.05, 3.63) is 35.9 Å². The molecule has 1 aliphatic heterocycles. The maximum atomic E-state index is 5.84. The summed E-state index contributed by atoms with van der Waals surface area (Å²) in [6, 6.07) is 10.6. The standard InChI is InChI=1S/C12H17NO.BrH/c1-12(10-13-7-8-14-12)9-11-5-3-2-4-6-11;/h2-6,13H,7-10H2,1H3;1H. The van der Waals surface area contributed by atoms with Crippen molar-refractivity contribution in [2.45, 2.75) is 18.9 Å². The Morgan fingerprint density at radius 1 is 1.33 bits per heavy atom. The molecule has 1 heterocycles. The van der Waals surface area contributed by atoms with E-state index in [0.717, 1.165) is 26.1 Å². The van der Waals surface area contributed by atoms with Gasteiger partial charge in [0.15, 0.2) is 0 Å². The Kier molecular flexibility index (Phi) is 4.77. The van der Waals surface area contributed by atoms with Gasteiger partial charge in [-0.15, -0.1) is 0 Å². The van der Waals surface area contributed by atoms with Gasteiger partial charge in [0, 0.05) is 6.42 Å². The molecule has 2 rings (SSSR count). The molecule has 1 atom stereocenters. The van der Waals surface area contributed by atoms with E-state index in [-0.39, 0.29) is 22.6 Å². The maximum absolute atomic E-state index is 5.84. The molecule has 1 aromatic rings. The third-order valence-electron chi connectivity index (χ3n) is 2.77. The molecule has 2 N–H and O–H groups in total. The molecule has 84 valence electrons. The van der Waals surface area contributed by atoms with Crippen LogP contribution >= 0.6 is 0 Å². The van der Waals surface area contributed by atoms with E-state index in [1.54, 1.807) is 0 Å². The van der Waals surface area contributed by atoms with Crippen molar-refractivity contribution < 1.29 is 27.0 Å². The molecular formula is C12H18BrNO. The number of morpholine rings is 1. The molecule has 1 fully saturated rings. The average Bonchev–Trinajstić information content (AvgIpc) is 2.19. The number of nitrogens with two attached hydrogens (primary N) is 1.